The van der Waals surface area contributed by atoms with Crippen molar-refractivity contribution >= 4 is 18.0 Å². The zero-order valence-corrected chi connectivity index (χ0v) is 19.2. The Hall–Kier alpha value is -4.13. The number of alkyl carbamates (subject to hydrolysis) is 1. The van der Waals surface area contributed by atoms with E-state index in [1.807, 2.05) is 66.7 Å². The molecule has 0 heterocycles. The fourth-order valence-corrected chi connectivity index (χ4v) is 4.31. The number of amides is 1. The van der Waals surface area contributed by atoms with Crippen LogP contribution < -0.4 is 5.32 Å². The third-order valence-corrected chi connectivity index (χ3v) is 6.11. The molecule has 0 bridgehead atoms. The summed E-state index contributed by atoms with van der Waals surface area (Å²) in [6.07, 6.45) is -0.809. The van der Waals surface area contributed by atoms with Gasteiger partial charge in [0.25, 0.3) is 0 Å². The molecule has 0 fully saturated rings. The number of fused-ring (bicyclic) bond motifs is 3. The molecule has 7 heteroatoms. The van der Waals surface area contributed by atoms with E-state index in [-0.39, 0.29) is 38.5 Å². The van der Waals surface area contributed by atoms with E-state index in [0.29, 0.717) is 0 Å². The number of aliphatic carboxylic acids is 1. The van der Waals surface area contributed by atoms with Crippen molar-refractivity contribution in [1.82, 2.24) is 5.32 Å². The van der Waals surface area contributed by atoms with Crippen LogP contribution in [-0.2, 0) is 25.7 Å². The van der Waals surface area contributed by atoms with Gasteiger partial charge in [-0.1, -0.05) is 78.9 Å². The first-order valence-electron chi connectivity index (χ1n) is 11.5. The Morgan fingerprint density at radius 3 is 2.06 bits per heavy atom. The first-order chi connectivity index (χ1) is 17.0. The lowest BCUT2D eigenvalue weighted by molar-refractivity contribution is -0.152. The van der Waals surface area contributed by atoms with Crippen LogP contribution in [0, 0.1) is 5.92 Å². The molecule has 0 saturated carbocycles. The molecule has 0 aromatic heterocycles. The minimum atomic E-state index is -1.11. The lowest BCUT2D eigenvalue weighted by Gasteiger charge is -2.15. The van der Waals surface area contributed by atoms with Gasteiger partial charge in [-0.15, -0.1) is 0 Å². The predicted molar refractivity (Wildman–Crippen MR) is 130 cm³/mol. The molecule has 2 N–H and O–H groups in total. The van der Waals surface area contributed by atoms with Crippen molar-refractivity contribution < 1.29 is 29.0 Å². The number of ether oxygens (including phenoxy) is 2. The van der Waals surface area contributed by atoms with E-state index in [9.17, 15) is 19.5 Å². The number of hydrogen-bond donors (Lipinski definition) is 2. The molecule has 0 spiro atoms. The molecule has 4 rings (SSSR count). The summed E-state index contributed by atoms with van der Waals surface area (Å²) in [6.45, 7) is 0.331. The van der Waals surface area contributed by atoms with Gasteiger partial charge >= 0.3 is 18.0 Å². The van der Waals surface area contributed by atoms with Gasteiger partial charge in [-0.05, 0) is 34.2 Å². The summed E-state index contributed by atoms with van der Waals surface area (Å²) in [6, 6.07) is 25.3. The molecule has 7 nitrogen and oxygen atoms in total. The molecular formula is C28H27NO6. The number of carbonyl (C=O) groups excluding carboxylic acids is 2. The van der Waals surface area contributed by atoms with Gasteiger partial charge in [0.1, 0.15) is 13.2 Å². The van der Waals surface area contributed by atoms with Gasteiger partial charge in [0.05, 0.1) is 12.3 Å². The monoisotopic (exact) mass is 473 g/mol. The first kappa shape index (κ1) is 24.0. The number of carboxylic acids is 1. The molecular weight excluding hydrogens is 446 g/mol. The SMILES string of the molecule is O=C(C[C@@H](CCNC(=O)OCC1c2ccccc2-c2ccccc21)C(=O)O)OCc1ccccc1. The molecule has 3 aromatic carbocycles. The lowest BCUT2D eigenvalue weighted by Crippen LogP contribution is -2.30. The average molecular weight is 474 g/mol. The highest BCUT2D eigenvalue weighted by molar-refractivity contribution is 5.80. The highest BCUT2D eigenvalue weighted by atomic mass is 16.5. The quantitative estimate of drug-likeness (QED) is 0.412. The van der Waals surface area contributed by atoms with Crippen molar-refractivity contribution in [3.05, 3.63) is 95.6 Å². The summed E-state index contributed by atoms with van der Waals surface area (Å²) < 4.78 is 10.6. The normalized spacial score (nSPS) is 12.8. The second kappa shape index (κ2) is 11.3. The van der Waals surface area contributed by atoms with E-state index in [2.05, 4.69) is 17.4 Å². The molecule has 180 valence electrons. The van der Waals surface area contributed by atoms with E-state index >= 15 is 0 Å². The van der Waals surface area contributed by atoms with Crippen LogP contribution in [-0.4, -0.2) is 36.3 Å². The Morgan fingerprint density at radius 2 is 1.43 bits per heavy atom. The molecule has 0 radical (unpaired) electrons. The van der Waals surface area contributed by atoms with Crippen LogP contribution in [0.3, 0.4) is 0 Å². The number of nitrogens with one attached hydrogen (secondary N) is 1. The van der Waals surface area contributed by atoms with Gasteiger partial charge < -0.3 is 19.9 Å². The standard InChI is InChI=1S/C28H27NO6/c30-26(34-17-19-8-2-1-3-9-19)16-20(27(31)32)14-15-29-28(33)35-18-25-23-12-6-4-10-21(23)22-11-5-7-13-24(22)25/h1-13,20,25H,14-18H2,(H,29,33)(H,31,32)/t20-/m1/s1. The molecule has 35 heavy (non-hydrogen) atoms. The van der Waals surface area contributed by atoms with Gasteiger partial charge in [0, 0.05) is 12.5 Å². The van der Waals surface area contributed by atoms with Gasteiger partial charge in [0.15, 0.2) is 0 Å². The van der Waals surface area contributed by atoms with E-state index in [1.54, 1.807) is 0 Å². The van der Waals surface area contributed by atoms with Gasteiger partial charge in [-0.3, -0.25) is 9.59 Å². The highest BCUT2D eigenvalue weighted by Gasteiger charge is 2.29. The number of esters is 1. The zero-order valence-electron chi connectivity index (χ0n) is 19.2. The van der Waals surface area contributed by atoms with Crippen LogP contribution in [0.5, 0.6) is 0 Å². The highest BCUT2D eigenvalue weighted by Crippen LogP contribution is 2.44. The van der Waals surface area contributed by atoms with Crippen LogP contribution in [0.15, 0.2) is 78.9 Å². The molecule has 1 aliphatic carbocycles. The molecule has 1 aliphatic rings. The number of benzene rings is 3. The third kappa shape index (κ3) is 6.06. The van der Waals surface area contributed by atoms with Crippen molar-refractivity contribution in [2.45, 2.75) is 25.4 Å². The predicted octanol–water partition coefficient (Wildman–Crippen LogP) is 4.75. The van der Waals surface area contributed by atoms with Crippen molar-refractivity contribution in [2.24, 2.45) is 5.92 Å². The Balaban J connectivity index is 1.23. The zero-order chi connectivity index (χ0) is 24.6. The van der Waals surface area contributed by atoms with Crippen molar-refractivity contribution in [2.75, 3.05) is 13.2 Å². The summed E-state index contributed by atoms with van der Waals surface area (Å²) in [5.41, 5.74) is 5.33. The fourth-order valence-electron chi connectivity index (χ4n) is 4.31. The Morgan fingerprint density at radius 1 is 0.829 bits per heavy atom. The smallest absolute Gasteiger partial charge is 0.407 e. The van der Waals surface area contributed by atoms with Crippen LogP contribution in [0.25, 0.3) is 11.1 Å². The maximum Gasteiger partial charge on any atom is 0.407 e. The maximum absolute atomic E-state index is 12.3. The summed E-state index contributed by atoms with van der Waals surface area (Å²) in [4.78, 5) is 35.9. The molecule has 3 aromatic rings. The molecule has 0 unspecified atom stereocenters. The average Bonchev–Trinajstić information content (AvgIpc) is 3.20. The topological polar surface area (TPSA) is 102 Å². The van der Waals surface area contributed by atoms with Gasteiger partial charge in [-0.2, -0.15) is 0 Å². The third-order valence-electron chi connectivity index (χ3n) is 6.11. The Kier molecular flexibility index (Phi) is 7.77. The van der Waals surface area contributed by atoms with Gasteiger partial charge in [0.2, 0.25) is 0 Å². The minimum Gasteiger partial charge on any atom is -0.481 e. The van der Waals surface area contributed by atoms with Crippen molar-refractivity contribution in [3.8, 4) is 11.1 Å². The summed E-state index contributed by atoms with van der Waals surface area (Å²) in [5.74, 6) is -2.73. The molecule has 1 atom stereocenters. The Bertz CT molecular complexity index is 1150. The summed E-state index contributed by atoms with van der Waals surface area (Å²) >= 11 is 0. The number of hydrogen-bond acceptors (Lipinski definition) is 5. The largest absolute Gasteiger partial charge is 0.481 e. The van der Waals surface area contributed by atoms with Crippen molar-refractivity contribution in [1.29, 1.82) is 0 Å². The number of rotatable bonds is 10. The lowest BCUT2D eigenvalue weighted by atomic mass is 9.98. The van der Waals surface area contributed by atoms with Crippen LogP contribution in [0.4, 0.5) is 4.79 Å². The minimum absolute atomic E-state index is 0.0562. The van der Waals surface area contributed by atoms with Crippen molar-refractivity contribution in [3.63, 3.8) is 0 Å². The van der Waals surface area contributed by atoms with E-state index < -0.39 is 23.9 Å². The van der Waals surface area contributed by atoms with Crippen LogP contribution >= 0.6 is 0 Å². The fraction of sp³-hybridized carbons (Fsp3) is 0.250. The molecule has 0 saturated heterocycles. The summed E-state index contributed by atoms with van der Waals surface area (Å²) in [7, 11) is 0. The van der Waals surface area contributed by atoms with E-state index in [0.717, 1.165) is 27.8 Å². The maximum atomic E-state index is 12.3. The molecule has 0 aliphatic heterocycles. The number of carbonyl (C=O) groups is 3. The van der Waals surface area contributed by atoms with E-state index in [1.165, 1.54) is 0 Å². The van der Waals surface area contributed by atoms with E-state index in [4.69, 9.17) is 9.47 Å². The second-order valence-corrected chi connectivity index (χ2v) is 8.43. The second-order valence-electron chi connectivity index (χ2n) is 8.43. The van der Waals surface area contributed by atoms with Gasteiger partial charge in [-0.25, -0.2) is 4.79 Å². The van der Waals surface area contributed by atoms with Crippen LogP contribution in [0.2, 0.25) is 0 Å². The number of carboxylic acid groups (broad SMARTS) is 1. The molecule has 1 amide bonds. The summed E-state index contributed by atoms with van der Waals surface area (Å²) in [5, 5.41) is 12.0. The first-order valence-corrected chi connectivity index (χ1v) is 11.5. The van der Waals surface area contributed by atoms with Crippen LogP contribution in [0.1, 0.15) is 35.4 Å². The Labute approximate surface area is 203 Å².